The van der Waals surface area contributed by atoms with Gasteiger partial charge in [0.1, 0.15) is 0 Å². The Labute approximate surface area is 230 Å². The molecule has 0 spiro atoms. The van der Waals surface area contributed by atoms with E-state index in [1.807, 2.05) is 88.4 Å². The third-order valence-electron chi connectivity index (χ3n) is 8.71. The molecule has 0 bridgehead atoms. The normalized spacial score (nSPS) is 14.8. The Morgan fingerprint density at radius 2 is 0.923 bits per heavy atom. The van der Waals surface area contributed by atoms with Crippen LogP contribution >= 0.6 is 0 Å². The predicted molar refractivity (Wildman–Crippen MR) is 154 cm³/mol. The van der Waals surface area contributed by atoms with E-state index in [9.17, 15) is 19.8 Å². The van der Waals surface area contributed by atoms with Crippen LogP contribution < -0.4 is 0 Å². The van der Waals surface area contributed by atoms with Crippen LogP contribution in [0, 0.1) is 39.5 Å². The molecule has 2 N–H and O–H groups in total. The van der Waals surface area contributed by atoms with Crippen LogP contribution in [0.3, 0.4) is 0 Å². The molecule has 2 unspecified atom stereocenters. The van der Waals surface area contributed by atoms with E-state index in [-0.39, 0.29) is 12.8 Å². The molecule has 4 nitrogen and oxygen atoms in total. The molecule has 39 heavy (non-hydrogen) atoms. The third-order valence-corrected chi connectivity index (χ3v) is 8.71. The van der Waals surface area contributed by atoms with E-state index >= 15 is 0 Å². The van der Waals surface area contributed by atoms with Crippen molar-refractivity contribution < 1.29 is 19.8 Å². The largest absolute Gasteiger partial charge is 0.481 e. The van der Waals surface area contributed by atoms with Gasteiger partial charge in [-0.3, -0.25) is 9.59 Å². The van der Waals surface area contributed by atoms with Gasteiger partial charge in [-0.25, -0.2) is 0 Å². The van der Waals surface area contributed by atoms with E-state index in [4.69, 9.17) is 0 Å². The summed E-state index contributed by atoms with van der Waals surface area (Å²) in [5.41, 5.74) is 8.17. The Hall–Kier alpha value is -4.18. The average Bonchev–Trinajstić information content (AvgIpc) is 3.15. The van der Waals surface area contributed by atoms with Crippen molar-refractivity contribution in [3.8, 4) is 11.1 Å². The van der Waals surface area contributed by atoms with Crippen LogP contribution in [-0.4, -0.2) is 22.2 Å². The van der Waals surface area contributed by atoms with Gasteiger partial charge >= 0.3 is 11.9 Å². The monoisotopic (exact) mass is 518 g/mol. The molecule has 0 radical (unpaired) electrons. The molecule has 0 heterocycles. The summed E-state index contributed by atoms with van der Waals surface area (Å²) in [5.74, 6) is -4.00. The SMILES string of the molecule is Cc1cc2c(cc1C)C(C(Cc1ccccc1)C(=O)O)(C(Cc1ccccc1)C(=O)O)c1cc(C)c(C)cc1-2. The predicted octanol–water partition coefficient (Wildman–Crippen LogP) is 7.07. The summed E-state index contributed by atoms with van der Waals surface area (Å²) in [6, 6.07) is 27.4. The number of benzene rings is 4. The van der Waals surface area contributed by atoms with Crippen LogP contribution in [0.4, 0.5) is 0 Å². The highest BCUT2D eigenvalue weighted by Gasteiger charge is 2.58. The van der Waals surface area contributed by atoms with Crippen LogP contribution in [0.2, 0.25) is 0 Å². The first-order valence-electron chi connectivity index (χ1n) is 13.4. The fourth-order valence-corrected chi connectivity index (χ4v) is 6.49. The van der Waals surface area contributed by atoms with Crippen molar-refractivity contribution in [3.05, 3.63) is 129 Å². The number of hydrogen-bond donors (Lipinski definition) is 2. The number of hydrogen-bond acceptors (Lipinski definition) is 2. The van der Waals surface area contributed by atoms with E-state index in [1.165, 1.54) is 0 Å². The maximum absolute atomic E-state index is 13.4. The molecule has 0 saturated heterocycles. The molecule has 1 aliphatic carbocycles. The summed E-state index contributed by atoms with van der Waals surface area (Å²) in [6.45, 7) is 8.13. The lowest BCUT2D eigenvalue weighted by Crippen LogP contribution is -2.50. The van der Waals surface area contributed by atoms with Crippen molar-refractivity contribution in [1.29, 1.82) is 0 Å². The molecule has 0 aliphatic heterocycles. The van der Waals surface area contributed by atoms with Crippen molar-refractivity contribution in [3.63, 3.8) is 0 Å². The maximum Gasteiger partial charge on any atom is 0.308 e. The molecular formula is C35H34O4. The molecule has 0 aromatic heterocycles. The Bertz CT molecular complexity index is 1430. The number of carboxylic acids is 2. The van der Waals surface area contributed by atoms with Gasteiger partial charge < -0.3 is 10.2 Å². The maximum atomic E-state index is 13.4. The highest BCUT2D eigenvalue weighted by molar-refractivity contribution is 5.91. The Kier molecular flexibility index (Phi) is 6.90. The second kappa shape index (κ2) is 10.2. The fraction of sp³-hybridized carbons (Fsp3) is 0.257. The Morgan fingerprint density at radius 1 is 0.590 bits per heavy atom. The highest BCUT2D eigenvalue weighted by Crippen LogP contribution is 2.59. The van der Waals surface area contributed by atoms with E-state index < -0.39 is 29.2 Å². The van der Waals surface area contributed by atoms with Gasteiger partial charge in [0, 0.05) is 5.41 Å². The summed E-state index contributed by atoms with van der Waals surface area (Å²) in [6.07, 6.45) is 0.431. The van der Waals surface area contributed by atoms with E-state index in [0.29, 0.717) is 0 Å². The lowest BCUT2D eigenvalue weighted by molar-refractivity contribution is -0.150. The van der Waals surface area contributed by atoms with Gasteiger partial charge in [-0.05, 0) is 96.2 Å². The lowest BCUT2D eigenvalue weighted by atomic mass is 9.57. The molecule has 0 amide bonds. The van der Waals surface area contributed by atoms with Gasteiger partial charge in [0.2, 0.25) is 0 Å². The van der Waals surface area contributed by atoms with Crippen LogP contribution in [0.25, 0.3) is 11.1 Å². The number of fused-ring (bicyclic) bond motifs is 3. The average molecular weight is 519 g/mol. The lowest BCUT2D eigenvalue weighted by Gasteiger charge is -2.42. The summed E-state index contributed by atoms with van der Waals surface area (Å²) in [7, 11) is 0. The first-order valence-corrected chi connectivity index (χ1v) is 13.4. The molecule has 4 aromatic rings. The molecule has 1 aliphatic rings. The molecule has 4 heteroatoms. The highest BCUT2D eigenvalue weighted by atomic mass is 16.4. The molecule has 4 aromatic carbocycles. The smallest absolute Gasteiger partial charge is 0.308 e. The summed E-state index contributed by atoms with van der Waals surface area (Å²) in [4.78, 5) is 26.8. The first-order chi connectivity index (χ1) is 18.6. The molecule has 198 valence electrons. The topological polar surface area (TPSA) is 74.6 Å². The van der Waals surface area contributed by atoms with Crippen LogP contribution in [0.1, 0.15) is 44.5 Å². The van der Waals surface area contributed by atoms with Gasteiger partial charge in [0.25, 0.3) is 0 Å². The number of rotatable bonds is 8. The minimum absolute atomic E-state index is 0.216. The van der Waals surface area contributed by atoms with Crippen LogP contribution in [0.15, 0.2) is 84.9 Å². The molecular weight excluding hydrogens is 484 g/mol. The van der Waals surface area contributed by atoms with E-state index in [0.717, 1.165) is 55.6 Å². The van der Waals surface area contributed by atoms with Gasteiger partial charge in [-0.1, -0.05) is 84.9 Å². The minimum atomic E-state index is -1.29. The summed E-state index contributed by atoms with van der Waals surface area (Å²) in [5, 5.41) is 21.9. The summed E-state index contributed by atoms with van der Waals surface area (Å²) >= 11 is 0. The number of carboxylic acid groups (broad SMARTS) is 2. The molecule has 5 rings (SSSR count). The van der Waals surface area contributed by atoms with Gasteiger partial charge in [0.05, 0.1) is 11.8 Å². The van der Waals surface area contributed by atoms with Gasteiger partial charge in [-0.2, -0.15) is 0 Å². The van der Waals surface area contributed by atoms with Crippen LogP contribution in [-0.2, 0) is 27.8 Å². The second-order valence-corrected chi connectivity index (χ2v) is 11.0. The zero-order chi connectivity index (χ0) is 27.9. The Morgan fingerprint density at radius 3 is 1.26 bits per heavy atom. The Balaban J connectivity index is 1.90. The van der Waals surface area contributed by atoms with Crippen molar-refractivity contribution in [2.45, 2.75) is 46.0 Å². The fourth-order valence-electron chi connectivity index (χ4n) is 6.49. The second-order valence-electron chi connectivity index (χ2n) is 11.0. The first kappa shape index (κ1) is 26.4. The molecule has 0 fully saturated rings. The molecule has 0 saturated carbocycles. The quantitative estimate of drug-likeness (QED) is 0.262. The van der Waals surface area contributed by atoms with Crippen molar-refractivity contribution in [1.82, 2.24) is 0 Å². The van der Waals surface area contributed by atoms with E-state index in [1.54, 1.807) is 0 Å². The van der Waals surface area contributed by atoms with E-state index in [2.05, 4.69) is 24.3 Å². The van der Waals surface area contributed by atoms with Crippen molar-refractivity contribution >= 4 is 11.9 Å². The van der Waals surface area contributed by atoms with Gasteiger partial charge in [0.15, 0.2) is 0 Å². The summed E-state index contributed by atoms with van der Waals surface area (Å²) < 4.78 is 0. The number of aryl methyl sites for hydroxylation is 4. The standard InChI is InChI=1S/C35H34O4/c1-21-15-27-28-16-22(2)24(4)18-30(28)35(29(27)17-23(21)3,31(33(36)37)19-25-11-7-5-8-12-25)32(34(38)39)20-26-13-9-6-10-14-26/h5-18,31-32H,19-20H2,1-4H3,(H,36,37)(H,38,39). The molecule has 2 atom stereocenters. The number of aliphatic carboxylic acids is 2. The van der Waals surface area contributed by atoms with Crippen LogP contribution in [0.5, 0.6) is 0 Å². The zero-order valence-electron chi connectivity index (χ0n) is 22.9. The number of carbonyl (C=O) groups is 2. The third kappa shape index (κ3) is 4.44. The zero-order valence-corrected chi connectivity index (χ0v) is 22.9. The van der Waals surface area contributed by atoms with Crippen molar-refractivity contribution in [2.75, 3.05) is 0 Å². The minimum Gasteiger partial charge on any atom is -0.481 e. The van der Waals surface area contributed by atoms with Gasteiger partial charge in [-0.15, -0.1) is 0 Å². The van der Waals surface area contributed by atoms with Crippen molar-refractivity contribution in [2.24, 2.45) is 11.8 Å².